The van der Waals surface area contributed by atoms with Crippen molar-refractivity contribution in [1.29, 1.82) is 0 Å². The Balaban J connectivity index is 1.13. The number of hydrogen-bond acceptors (Lipinski definition) is 9. The van der Waals surface area contributed by atoms with Crippen molar-refractivity contribution in [3.8, 4) is 40.0 Å². The third-order valence-corrected chi connectivity index (χ3v) is 11.3. The molecule has 2 N–H and O–H groups in total. The van der Waals surface area contributed by atoms with Crippen LogP contribution in [0.4, 0.5) is 0 Å². The molecule has 4 atom stereocenters. The average Bonchev–Trinajstić information content (AvgIpc) is 3.95. The molecule has 274 valence electrons. The molecule has 5 aromatic carbocycles. The number of cyclic esters (lactones) is 1. The fourth-order valence-electron chi connectivity index (χ4n) is 8.83. The first-order chi connectivity index (χ1) is 26.9. The molecule has 55 heavy (non-hydrogen) atoms. The lowest BCUT2D eigenvalue weighted by Gasteiger charge is -2.39. The van der Waals surface area contributed by atoms with Crippen LogP contribution in [0.1, 0.15) is 39.1 Å². The molecule has 11 heteroatoms. The molecule has 0 spiro atoms. The summed E-state index contributed by atoms with van der Waals surface area (Å²) in [4.78, 5) is 37.2. The summed E-state index contributed by atoms with van der Waals surface area (Å²) in [7, 11) is 4.66. The monoisotopic (exact) mass is 733 g/mol. The molecule has 1 fully saturated rings. The maximum absolute atomic E-state index is 14.8. The number of aromatic nitrogens is 2. The highest BCUT2D eigenvalue weighted by atomic mass is 16.7. The molecule has 1 amide bonds. The minimum Gasteiger partial charge on any atom is -0.493 e. The number of carbonyl (C=O) groups is 2. The van der Waals surface area contributed by atoms with Gasteiger partial charge >= 0.3 is 5.97 Å². The van der Waals surface area contributed by atoms with Gasteiger partial charge in [-0.3, -0.25) is 9.59 Å². The zero-order valence-corrected chi connectivity index (χ0v) is 30.2. The number of carbonyl (C=O) groups excluding carboxylic acids is 2. The van der Waals surface area contributed by atoms with Gasteiger partial charge in [0.15, 0.2) is 23.0 Å². The van der Waals surface area contributed by atoms with E-state index in [-0.39, 0.29) is 31.0 Å². The second kappa shape index (κ2) is 12.7. The Morgan fingerprint density at radius 2 is 1.49 bits per heavy atom. The number of fused-ring (bicyclic) bond motifs is 7. The molecule has 0 saturated carbocycles. The van der Waals surface area contributed by atoms with E-state index >= 15 is 0 Å². The first-order valence-electron chi connectivity index (χ1n) is 18.1. The number of esters is 1. The number of methoxy groups -OCH3 is 3. The molecule has 3 aliphatic rings. The van der Waals surface area contributed by atoms with Crippen molar-refractivity contribution in [3.63, 3.8) is 0 Å². The number of pyridine rings is 1. The average molecular weight is 734 g/mol. The van der Waals surface area contributed by atoms with Crippen molar-refractivity contribution in [3.05, 3.63) is 119 Å². The first kappa shape index (κ1) is 32.9. The van der Waals surface area contributed by atoms with Crippen molar-refractivity contribution < 1.29 is 38.0 Å². The molecule has 0 bridgehead atoms. The summed E-state index contributed by atoms with van der Waals surface area (Å²) in [6.45, 7) is 0.171. The van der Waals surface area contributed by atoms with E-state index < -0.39 is 23.8 Å². The minimum absolute atomic E-state index is 0.0600. The van der Waals surface area contributed by atoms with Gasteiger partial charge in [-0.25, -0.2) is 4.98 Å². The van der Waals surface area contributed by atoms with Crippen LogP contribution in [0.3, 0.4) is 0 Å². The van der Waals surface area contributed by atoms with Crippen LogP contribution in [0.5, 0.6) is 28.7 Å². The topological polar surface area (TPSA) is 130 Å². The third kappa shape index (κ3) is 5.06. The van der Waals surface area contributed by atoms with E-state index in [1.165, 1.54) is 0 Å². The number of amides is 1. The highest BCUT2D eigenvalue weighted by Crippen LogP contribution is 2.55. The zero-order chi connectivity index (χ0) is 37.4. The molecule has 4 heterocycles. The van der Waals surface area contributed by atoms with Crippen molar-refractivity contribution in [2.24, 2.45) is 11.8 Å². The fraction of sp³-hybridized carbons (Fsp3) is 0.205. The van der Waals surface area contributed by atoms with Gasteiger partial charge in [-0.05, 0) is 63.9 Å². The van der Waals surface area contributed by atoms with Gasteiger partial charge in [0, 0.05) is 33.7 Å². The molecule has 2 aromatic heterocycles. The predicted octanol–water partition coefficient (Wildman–Crippen LogP) is 7.70. The molecule has 2 aliphatic heterocycles. The Morgan fingerprint density at radius 1 is 0.782 bits per heavy atom. The molecule has 0 radical (unpaired) electrons. The molecule has 1 saturated heterocycles. The van der Waals surface area contributed by atoms with Crippen molar-refractivity contribution in [1.82, 2.24) is 15.3 Å². The van der Waals surface area contributed by atoms with Gasteiger partial charge < -0.3 is 38.7 Å². The van der Waals surface area contributed by atoms with Crippen LogP contribution in [-0.2, 0) is 9.53 Å². The summed E-state index contributed by atoms with van der Waals surface area (Å²) in [5.74, 6) is 0.142. The maximum atomic E-state index is 14.8. The Hall–Kier alpha value is -6.75. The summed E-state index contributed by atoms with van der Waals surface area (Å²) in [5.41, 5.74) is 5.95. The number of benzene rings is 5. The normalized spacial score (nSPS) is 19.6. The van der Waals surface area contributed by atoms with E-state index in [1.807, 2.05) is 78.9 Å². The van der Waals surface area contributed by atoms with Crippen molar-refractivity contribution in [2.45, 2.75) is 12.0 Å². The van der Waals surface area contributed by atoms with Crippen LogP contribution in [0, 0.1) is 11.8 Å². The highest BCUT2D eigenvalue weighted by molar-refractivity contribution is 6.15. The Bertz CT molecular complexity index is 2690. The number of ether oxygens (including phenoxy) is 6. The van der Waals surface area contributed by atoms with Crippen LogP contribution >= 0.6 is 0 Å². The summed E-state index contributed by atoms with van der Waals surface area (Å²) < 4.78 is 34.6. The van der Waals surface area contributed by atoms with Crippen LogP contribution in [0.2, 0.25) is 0 Å². The summed E-state index contributed by atoms with van der Waals surface area (Å²) in [6.07, 6.45) is 0. The Labute approximate surface area is 315 Å². The lowest BCUT2D eigenvalue weighted by Crippen LogP contribution is -2.43. The standard InChI is InChI=1S/C44H35N3O8/c1-50-35-15-23(16-36(51-2)42(35)52-3)37-27-18-33-34(55-21-54-33)19-29(27)39(30-20-53-44(49)38(30)37)47-43(48)32-17-28-25-12-6-7-14-31(25)45-41(28)40(46-32)26-13-8-10-22-9-4-5-11-24(22)26/h4-19,30,37-39,45H,20-21H2,1-3H3,(H,47,48)/t30-,37+,38-,39+/m0/s1. The van der Waals surface area contributed by atoms with Gasteiger partial charge in [-0.15, -0.1) is 0 Å². The van der Waals surface area contributed by atoms with Crippen LogP contribution in [0.25, 0.3) is 43.8 Å². The van der Waals surface area contributed by atoms with E-state index in [4.69, 9.17) is 33.4 Å². The summed E-state index contributed by atoms with van der Waals surface area (Å²) in [5, 5.41) is 7.27. The largest absolute Gasteiger partial charge is 0.493 e. The quantitative estimate of drug-likeness (QED) is 0.158. The van der Waals surface area contributed by atoms with Crippen molar-refractivity contribution in [2.75, 3.05) is 34.7 Å². The van der Waals surface area contributed by atoms with Gasteiger partial charge in [0.2, 0.25) is 12.5 Å². The van der Waals surface area contributed by atoms with Gasteiger partial charge in [0.05, 0.1) is 51.1 Å². The smallest absolute Gasteiger partial charge is 0.310 e. The lowest BCUT2D eigenvalue weighted by atomic mass is 9.65. The number of rotatable bonds is 7. The molecular weight excluding hydrogens is 698 g/mol. The molecule has 11 nitrogen and oxygen atoms in total. The summed E-state index contributed by atoms with van der Waals surface area (Å²) >= 11 is 0. The van der Waals surface area contributed by atoms with E-state index in [9.17, 15) is 9.59 Å². The third-order valence-electron chi connectivity index (χ3n) is 11.3. The van der Waals surface area contributed by atoms with Gasteiger partial charge in [-0.2, -0.15) is 0 Å². The SMILES string of the molecule is COc1cc([C@@H]2c3cc4c(cc3[C@@H](NC(=O)c3cc5c([nH]c6ccccc65)c(-c5cccc6ccccc56)n3)[C@H]3COC(=O)[C@H]23)OCO4)cc(OC)c1OC. The number of H-pyrrole nitrogens is 1. The zero-order valence-electron chi connectivity index (χ0n) is 30.2. The van der Waals surface area contributed by atoms with Gasteiger partial charge in [0.25, 0.3) is 5.91 Å². The van der Waals surface area contributed by atoms with Crippen LogP contribution in [-0.4, -0.2) is 56.6 Å². The van der Waals surface area contributed by atoms with E-state index in [1.54, 1.807) is 21.3 Å². The van der Waals surface area contributed by atoms with Crippen molar-refractivity contribution >= 4 is 44.5 Å². The molecule has 0 unspecified atom stereocenters. The van der Waals surface area contributed by atoms with Crippen LogP contribution in [0.15, 0.2) is 97.1 Å². The second-order valence-electron chi connectivity index (χ2n) is 14.0. The van der Waals surface area contributed by atoms with E-state index in [0.717, 1.165) is 54.8 Å². The van der Waals surface area contributed by atoms with Crippen LogP contribution < -0.4 is 29.0 Å². The summed E-state index contributed by atoms with van der Waals surface area (Å²) in [6, 6.07) is 31.0. The van der Waals surface area contributed by atoms with E-state index in [0.29, 0.717) is 34.4 Å². The Morgan fingerprint density at radius 3 is 2.25 bits per heavy atom. The number of hydrogen-bond donors (Lipinski definition) is 2. The molecule has 1 aliphatic carbocycles. The Kier molecular flexibility index (Phi) is 7.58. The second-order valence-corrected chi connectivity index (χ2v) is 14.0. The maximum Gasteiger partial charge on any atom is 0.310 e. The molecular formula is C44H35N3O8. The highest BCUT2D eigenvalue weighted by Gasteiger charge is 2.53. The van der Waals surface area contributed by atoms with E-state index in [2.05, 4.69) is 28.5 Å². The minimum atomic E-state index is -0.656. The van der Waals surface area contributed by atoms with Gasteiger partial charge in [0.1, 0.15) is 5.69 Å². The number of para-hydroxylation sites is 1. The van der Waals surface area contributed by atoms with Gasteiger partial charge in [-0.1, -0.05) is 60.7 Å². The first-order valence-corrected chi connectivity index (χ1v) is 18.1. The fourth-order valence-corrected chi connectivity index (χ4v) is 8.83. The molecule has 10 rings (SSSR count). The lowest BCUT2D eigenvalue weighted by molar-refractivity contribution is -0.141. The molecule has 7 aromatic rings. The number of aromatic amines is 1. The number of nitrogens with one attached hydrogen (secondary N) is 2. The number of nitrogens with zero attached hydrogens (tertiary/aromatic N) is 1. The predicted molar refractivity (Wildman–Crippen MR) is 205 cm³/mol.